The predicted molar refractivity (Wildman–Crippen MR) is 110 cm³/mol. The Bertz CT molecular complexity index is 1150. The van der Waals surface area contributed by atoms with E-state index in [0.717, 1.165) is 22.6 Å². The van der Waals surface area contributed by atoms with Crippen molar-refractivity contribution in [3.05, 3.63) is 89.4 Å². The molecule has 6 nitrogen and oxygen atoms in total. The van der Waals surface area contributed by atoms with E-state index in [4.69, 9.17) is 0 Å². The number of pyridine rings is 1. The molecule has 4 rings (SSSR count). The first kappa shape index (κ1) is 17.7. The fourth-order valence-electron chi connectivity index (χ4n) is 3.09. The van der Waals surface area contributed by atoms with Gasteiger partial charge in [-0.1, -0.05) is 30.3 Å². The van der Waals surface area contributed by atoms with Crippen LogP contribution in [0.5, 0.6) is 0 Å². The molecular weight excluding hydrogens is 350 g/mol. The average molecular weight is 371 g/mol. The highest BCUT2D eigenvalue weighted by Crippen LogP contribution is 2.25. The van der Waals surface area contributed by atoms with Gasteiger partial charge in [0.05, 0.1) is 17.8 Å². The lowest BCUT2D eigenvalue weighted by Gasteiger charge is -2.15. The number of nitrogens with zero attached hydrogens (tertiary/aromatic N) is 3. The van der Waals surface area contributed by atoms with Crippen LogP contribution in [-0.2, 0) is 6.54 Å². The number of rotatable bonds is 5. The van der Waals surface area contributed by atoms with E-state index in [-0.39, 0.29) is 5.91 Å². The zero-order chi connectivity index (χ0) is 19.5. The number of nitrogens with one attached hydrogen (secondary N) is 2. The Hall–Kier alpha value is -3.67. The summed E-state index contributed by atoms with van der Waals surface area (Å²) in [7, 11) is 0. The number of hydrogen-bond donors (Lipinski definition) is 2. The fourth-order valence-corrected chi connectivity index (χ4v) is 3.09. The first-order valence-corrected chi connectivity index (χ1v) is 9.12. The molecule has 0 unspecified atom stereocenters. The topological polar surface area (TPSA) is 71.3 Å². The van der Waals surface area contributed by atoms with E-state index in [1.54, 1.807) is 0 Å². The van der Waals surface area contributed by atoms with Crippen LogP contribution in [0.1, 0.15) is 27.3 Å². The Morgan fingerprint density at radius 1 is 0.929 bits per heavy atom. The van der Waals surface area contributed by atoms with Crippen molar-refractivity contribution in [3.63, 3.8) is 0 Å². The van der Waals surface area contributed by atoms with Gasteiger partial charge in [0, 0.05) is 11.9 Å². The molecule has 6 heteroatoms. The van der Waals surface area contributed by atoms with E-state index in [1.807, 2.05) is 65.2 Å². The van der Waals surface area contributed by atoms with Crippen LogP contribution in [0.25, 0.3) is 5.65 Å². The molecule has 2 aromatic carbocycles. The standard InChI is InChI=1S/C22H21N5O/c1-15-8-7-11-18(16(15)2)24-19-10-4-3-9-17(19)22(28)23-14-21-26-25-20-12-5-6-13-27(20)21/h3-13,24H,14H2,1-2H3,(H,23,28). The maximum Gasteiger partial charge on any atom is 0.253 e. The molecule has 1 amide bonds. The summed E-state index contributed by atoms with van der Waals surface area (Å²) in [5.74, 6) is 0.519. The first-order valence-electron chi connectivity index (χ1n) is 9.12. The number of anilines is 2. The molecule has 0 aliphatic carbocycles. The molecule has 0 aliphatic heterocycles. The van der Waals surface area contributed by atoms with Crippen molar-refractivity contribution >= 4 is 22.9 Å². The third kappa shape index (κ3) is 3.44. The summed E-state index contributed by atoms with van der Waals surface area (Å²) in [6.07, 6.45) is 1.88. The molecule has 2 N–H and O–H groups in total. The van der Waals surface area contributed by atoms with Gasteiger partial charge >= 0.3 is 0 Å². The summed E-state index contributed by atoms with van der Waals surface area (Å²) in [5, 5.41) is 14.6. The second-order valence-corrected chi connectivity index (χ2v) is 6.65. The Morgan fingerprint density at radius 3 is 2.61 bits per heavy atom. The van der Waals surface area contributed by atoms with E-state index in [0.29, 0.717) is 17.9 Å². The zero-order valence-electron chi connectivity index (χ0n) is 15.8. The number of aromatic nitrogens is 3. The molecule has 0 saturated carbocycles. The van der Waals surface area contributed by atoms with Gasteiger partial charge in [0.25, 0.3) is 5.91 Å². The number of benzene rings is 2. The van der Waals surface area contributed by atoms with Gasteiger partial charge in [0.1, 0.15) is 0 Å². The van der Waals surface area contributed by atoms with Gasteiger partial charge in [-0.15, -0.1) is 10.2 Å². The van der Waals surface area contributed by atoms with Crippen molar-refractivity contribution in [2.75, 3.05) is 5.32 Å². The van der Waals surface area contributed by atoms with E-state index in [9.17, 15) is 4.79 Å². The third-order valence-corrected chi connectivity index (χ3v) is 4.84. The van der Waals surface area contributed by atoms with Crippen molar-refractivity contribution in [2.24, 2.45) is 0 Å². The van der Waals surface area contributed by atoms with Crippen molar-refractivity contribution in [1.82, 2.24) is 19.9 Å². The highest BCUT2D eigenvalue weighted by molar-refractivity contribution is 6.00. The van der Waals surface area contributed by atoms with E-state index in [1.165, 1.54) is 5.56 Å². The Kier molecular flexibility index (Phi) is 4.76. The Balaban J connectivity index is 1.54. The molecular formula is C22H21N5O. The molecule has 0 aliphatic rings. The van der Waals surface area contributed by atoms with Crippen molar-refractivity contribution in [1.29, 1.82) is 0 Å². The number of para-hydroxylation sites is 1. The van der Waals surface area contributed by atoms with Gasteiger partial charge in [0.2, 0.25) is 0 Å². The summed E-state index contributed by atoms with van der Waals surface area (Å²) in [6.45, 7) is 4.43. The van der Waals surface area contributed by atoms with Crippen LogP contribution >= 0.6 is 0 Å². The van der Waals surface area contributed by atoms with Crippen LogP contribution in [0.4, 0.5) is 11.4 Å². The van der Waals surface area contributed by atoms with Crippen LogP contribution in [0.3, 0.4) is 0 Å². The number of fused-ring (bicyclic) bond motifs is 1. The van der Waals surface area contributed by atoms with E-state index >= 15 is 0 Å². The first-order chi connectivity index (χ1) is 13.6. The molecule has 0 saturated heterocycles. The molecule has 140 valence electrons. The molecule has 0 atom stereocenters. The van der Waals surface area contributed by atoms with Crippen molar-refractivity contribution in [3.8, 4) is 0 Å². The fraction of sp³-hybridized carbons (Fsp3) is 0.136. The molecule has 0 fully saturated rings. The van der Waals surface area contributed by atoms with Gasteiger partial charge in [0.15, 0.2) is 11.5 Å². The molecule has 4 aromatic rings. The number of carbonyl (C=O) groups is 1. The lowest BCUT2D eigenvalue weighted by atomic mass is 10.1. The summed E-state index contributed by atoms with van der Waals surface area (Å²) in [5.41, 5.74) is 5.45. The normalized spacial score (nSPS) is 10.8. The minimum atomic E-state index is -0.166. The summed E-state index contributed by atoms with van der Waals surface area (Å²) in [6, 6.07) is 19.3. The van der Waals surface area contributed by atoms with E-state index < -0.39 is 0 Å². The molecule has 2 aromatic heterocycles. The number of hydrogen-bond acceptors (Lipinski definition) is 4. The average Bonchev–Trinajstić information content (AvgIpc) is 3.13. The largest absolute Gasteiger partial charge is 0.355 e. The van der Waals surface area contributed by atoms with Crippen molar-refractivity contribution in [2.45, 2.75) is 20.4 Å². The predicted octanol–water partition coefficient (Wildman–Crippen LogP) is 4.02. The van der Waals surface area contributed by atoms with Gasteiger partial charge in [-0.3, -0.25) is 9.20 Å². The van der Waals surface area contributed by atoms with Crippen molar-refractivity contribution < 1.29 is 4.79 Å². The highest BCUT2D eigenvalue weighted by atomic mass is 16.1. The summed E-state index contributed by atoms with van der Waals surface area (Å²) < 4.78 is 1.86. The lowest BCUT2D eigenvalue weighted by molar-refractivity contribution is 0.0950. The minimum Gasteiger partial charge on any atom is -0.355 e. The Labute approximate surface area is 163 Å². The molecule has 0 spiro atoms. The second-order valence-electron chi connectivity index (χ2n) is 6.65. The lowest BCUT2D eigenvalue weighted by Crippen LogP contribution is -2.24. The number of amides is 1. The second kappa shape index (κ2) is 7.52. The van der Waals surface area contributed by atoms with Crippen LogP contribution in [0.2, 0.25) is 0 Å². The summed E-state index contributed by atoms with van der Waals surface area (Å²) in [4.78, 5) is 12.8. The SMILES string of the molecule is Cc1cccc(Nc2ccccc2C(=O)NCc2nnc3ccccn23)c1C. The molecule has 28 heavy (non-hydrogen) atoms. The minimum absolute atomic E-state index is 0.166. The van der Waals surface area contributed by atoms with Crippen LogP contribution in [0, 0.1) is 13.8 Å². The van der Waals surface area contributed by atoms with Crippen LogP contribution in [0.15, 0.2) is 66.9 Å². The number of aryl methyl sites for hydroxylation is 1. The Morgan fingerprint density at radius 2 is 1.71 bits per heavy atom. The highest BCUT2D eigenvalue weighted by Gasteiger charge is 2.13. The summed E-state index contributed by atoms with van der Waals surface area (Å²) >= 11 is 0. The smallest absolute Gasteiger partial charge is 0.253 e. The maximum atomic E-state index is 12.8. The van der Waals surface area contributed by atoms with Crippen LogP contribution < -0.4 is 10.6 Å². The van der Waals surface area contributed by atoms with Crippen LogP contribution in [-0.4, -0.2) is 20.5 Å². The zero-order valence-corrected chi connectivity index (χ0v) is 15.8. The third-order valence-electron chi connectivity index (χ3n) is 4.84. The molecule has 0 radical (unpaired) electrons. The molecule has 0 bridgehead atoms. The van der Waals surface area contributed by atoms with Gasteiger partial charge in [-0.2, -0.15) is 0 Å². The van der Waals surface area contributed by atoms with E-state index in [2.05, 4.69) is 40.7 Å². The van der Waals surface area contributed by atoms with Gasteiger partial charge < -0.3 is 10.6 Å². The monoisotopic (exact) mass is 371 g/mol. The van der Waals surface area contributed by atoms with Gasteiger partial charge in [-0.25, -0.2) is 0 Å². The maximum absolute atomic E-state index is 12.8. The van der Waals surface area contributed by atoms with Gasteiger partial charge in [-0.05, 0) is 55.3 Å². The number of carbonyl (C=O) groups excluding carboxylic acids is 1. The quantitative estimate of drug-likeness (QED) is 0.556. The molecule has 2 heterocycles.